The van der Waals surface area contributed by atoms with Gasteiger partial charge >= 0.3 is 14.0 Å². The maximum atomic E-state index is 12.4. The van der Waals surface area contributed by atoms with Crippen LogP contribution in [0.5, 0.6) is 0 Å². The van der Waals surface area contributed by atoms with E-state index in [1.807, 2.05) is 18.2 Å². The number of phosphoric ester groups is 1. The molecule has 1 aromatic rings. The molecule has 2 unspecified atom stereocenters. The second-order valence-electron chi connectivity index (χ2n) is 11.9. The van der Waals surface area contributed by atoms with Crippen molar-refractivity contribution in [3.63, 3.8) is 0 Å². The molecule has 0 aromatic heterocycles. The summed E-state index contributed by atoms with van der Waals surface area (Å²) in [5.41, 5.74) is 0.776. The van der Waals surface area contributed by atoms with Gasteiger partial charge in [0.1, 0.15) is 57.6 Å². The second kappa shape index (κ2) is 20.3. The summed E-state index contributed by atoms with van der Waals surface area (Å²) in [6, 6.07) is 7.57. The molecule has 10 atom stereocenters. The largest absolute Gasteiger partial charge is 0.508 e. The van der Waals surface area contributed by atoms with Crippen molar-refractivity contribution in [2.75, 3.05) is 33.5 Å². The van der Waals surface area contributed by atoms with Crippen LogP contribution in [0, 0.1) is 5.92 Å². The van der Waals surface area contributed by atoms with Crippen LogP contribution in [0.15, 0.2) is 30.3 Å². The summed E-state index contributed by atoms with van der Waals surface area (Å²) in [6.07, 6.45) is -5.71. The van der Waals surface area contributed by atoms with E-state index in [4.69, 9.17) is 28.2 Å². The molecule has 49 heavy (non-hydrogen) atoms. The number of nitrogens with one attached hydrogen (secondary N) is 2. The van der Waals surface area contributed by atoms with Gasteiger partial charge in [0.05, 0.1) is 6.61 Å². The molecule has 0 saturated carbocycles. The quantitative estimate of drug-likeness (QED) is 0.0457. The summed E-state index contributed by atoms with van der Waals surface area (Å²) in [5.74, 6) is -1.04. The van der Waals surface area contributed by atoms with Crippen molar-refractivity contribution in [1.82, 2.24) is 10.6 Å². The van der Waals surface area contributed by atoms with E-state index in [0.717, 1.165) is 12.7 Å². The van der Waals surface area contributed by atoms with Gasteiger partial charge in [-0.25, -0.2) is 9.36 Å². The van der Waals surface area contributed by atoms with E-state index in [1.54, 1.807) is 20.0 Å². The minimum Gasteiger partial charge on any atom is -0.431 e. The van der Waals surface area contributed by atoms with Crippen LogP contribution in [0.4, 0.5) is 4.79 Å². The molecule has 276 valence electrons. The third kappa shape index (κ3) is 13.2. The van der Waals surface area contributed by atoms with Crippen molar-refractivity contribution in [1.29, 1.82) is 0 Å². The van der Waals surface area contributed by atoms with Crippen LogP contribution in [0.1, 0.15) is 44.6 Å². The number of carbonyl (C=O) groups is 3. The van der Waals surface area contributed by atoms with Gasteiger partial charge in [-0.15, -0.1) is 0 Å². The predicted octanol–water partition coefficient (Wildman–Crippen LogP) is -0.527. The number of hydrogen-bond donors (Lipinski definition) is 6. The van der Waals surface area contributed by atoms with Crippen molar-refractivity contribution in [2.24, 2.45) is 5.92 Å². The van der Waals surface area contributed by atoms with Gasteiger partial charge in [-0.3, -0.25) is 18.6 Å². The monoisotopic (exact) mass is 718 g/mol. The number of rotatable bonds is 19. The highest BCUT2D eigenvalue weighted by Gasteiger charge is 2.47. The molecule has 2 amide bonds. The predicted molar refractivity (Wildman–Crippen MR) is 172 cm³/mol. The van der Waals surface area contributed by atoms with Crippen LogP contribution in [-0.2, 0) is 53.5 Å². The van der Waals surface area contributed by atoms with E-state index in [1.165, 1.54) is 6.92 Å². The molecule has 0 radical (unpaired) electrons. The van der Waals surface area contributed by atoms with E-state index in [0.29, 0.717) is 32.2 Å². The number of carbonyl (C=O) groups excluding carboxylic acids is 3. The van der Waals surface area contributed by atoms with Gasteiger partial charge in [0.2, 0.25) is 11.8 Å². The summed E-state index contributed by atoms with van der Waals surface area (Å²) in [5, 5.41) is 35.2. The van der Waals surface area contributed by atoms with Crippen LogP contribution < -0.4 is 10.6 Å². The Morgan fingerprint density at radius 1 is 1.02 bits per heavy atom. The first-order valence-electron chi connectivity index (χ1n) is 16.2. The molecule has 0 bridgehead atoms. The van der Waals surface area contributed by atoms with Crippen molar-refractivity contribution < 1.29 is 71.9 Å². The van der Waals surface area contributed by atoms with Gasteiger partial charge in [-0.05, 0) is 31.2 Å². The summed E-state index contributed by atoms with van der Waals surface area (Å²) < 4.78 is 49.8. The topological polar surface area (TPSA) is 238 Å². The van der Waals surface area contributed by atoms with Crippen molar-refractivity contribution in [3.05, 3.63) is 35.9 Å². The van der Waals surface area contributed by atoms with Gasteiger partial charge in [0.25, 0.3) is 0 Å². The van der Waals surface area contributed by atoms with Crippen molar-refractivity contribution in [3.8, 4) is 0 Å². The average Bonchev–Trinajstić information content (AvgIpc) is 3.36. The number of aliphatic hydroxyl groups is 3. The van der Waals surface area contributed by atoms with Crippen LogP contribution in [0.25, 0.3) is 0 Å². The maximum Gasteiger partial charge on any atom is 0.508 e. The number of unbranched alkanes of at least 4 members (excludes halogenated alkanes) is 1. The lowest BCUT2D eigenvalue weighted by Gasteiger charge is -2.42. The Bertz CT molecular complexity index is 1230. The molecule has 17 nitrogen and oxygen atoms in total. The molecule has 2 aliphatic rings. The number of hydrogen-bond acceptors (Lipinski definition) is 14. The number of benzene rings is 1. The molecule has 2 fully saturated rings. The van der Waals surface area contributed by atoms with Crippen molar-refractivity contribution >= 4 is 33.6 Å². The first-order chi connectivity index (χ1) is 23.3. The first-order valence-corrected chi connectivity index (χ1v) is 17.7. The number of aliphatic hydroxyl groups excluding tert-OH is 3. The fourth-order valence-corrected chi connectivity index (χ4v) is 6.32. The lowest BCUT2D eigenvalue weighted by molar-refractivity contribution is -0.270. The van der Waals surface area contributed by atoms with E-state index in [9.17, 15) is 39.2 Å². The molecule has 2 heterocycles. The van der Waals surface area contributed by atoms with Crippen LogP contribution >= 0.6 is 7.82 Å². The Morgan fingerprint density at radius 2 is 1.76 bits per heavy atom. The minimum atomic E-state index is -4.42. The highest BCUT2D eigenvalue weighted by molar-refractivity contribution is 7.47. The minimum absolute atomic E-state index is 0.0114. The zero-order valence-corrected chi connectivity index (χ0v) is 28.8. The Kier molecular flexibility index (Phi) is 16.9. The molecular weight excluding hydrogens is 670 g/mol. The van der Waals surface area contributed by atoms with Crippen LogP contribution in [-0.4, -0.2) is 128 Å². The molecule has 2 aliphatic heterocycles. The summed E-state index contributed by atoms with van der Waals surface area (Å²) in [6.45, 7) is 0.864. The lowest BCUT2D eigenvalue weighted by atomic mass is 9.82. The zero-order valence-electron chi connectivity index (χ0n) is 27.9. The van der Waals surface area contributed by atoms with Crippen molar-refractivity contribution in [2.45, 2.75) is 94.5 Å². The number of phosphoric acid groups is 1. The Morgan fingerprint density at radius 3 is 2.43 bits per heavy atom. The molecule has 19 heteroatoms. The van der Waals surface area contributed by atoms with E-state index in [2.05, 4.69) is 15.2 Å². The zero-order chi connectivity index (χ0) is 36.0. The Balaban J connectivity index is 1.39. The van der Waals surface area contributed by atoms with Crippen LogP contribution in [0.3, 0.4) is 0 Å². The SMILES string of the molecule is B[C@@H]1O[C@H](COC(=O)OCc2ccccc2)[C@H](OP(=O)(O)OC)C1CCCNC(=O)CCCCO[C@@H]1O[C@H](CO)[C@H](O)[C@H](O)[C@H]1NC(C)=O. The van der Waals surface area contributed by atoms with Gasteiger partial charge in [0, 0.05) is 45.5 Å². The molecule has 3 rings (SSSR count). The Labute approximate surface area is 285 Å². The smallest absolute Gasteiger partial charge is 0.431 e. The van der Waals surface area contributed by atoms with Gasteiger partial charge < -0.3 is 54.5 Å². The van der Waals surface area contributed by atoms with Gasteiger partial charge in [0.15, 0.2) is 6.29 Å². The number of ether oxygens (including phenoxy) is 5. The van der Waals surface area contributed by atoms with E-state index >= 15 is 0 Å². The summed E-state index contributed by atoms with van der Waals surface area (Å²) in [7, 11) is -1.61. The standard InChI is InChI=1S/C30H48BN2O15P/c1-18(35)33-24-26(38)25(37)21(15-34)47-29(24)43-14-7-6-12-23(36)32-13-8-11-20-27(48-49(40,41)42-2)22(46-28(20)31)17-45-30(39)44-16-19-9-4-3-5-10-19/h3-5,9-10,20-22,24-29,34,37-38H,6-8,11-17,31H2,1-2H3,(H,32,36)(H,33,35)(H,40,41)/t20?,21-,22-,24-,25+,26-,27-,28-,29-/m1/s1. The molecule has 1 aromatic carbocycles. The fourth-order valence-electron chi connectivity index (χ4n) is 5.64. The highest BCUT2D eigenvalue weighted by Crippen LogP contribution is 2.48. The second-order valence-corrected chi connectivity index (χ2v) is 13.4. The summed E-state index contributed by atoms with van der Waals surface area (Å²) >= 11 is 0. The molecule has 0 spiro atoms. The first kappa shape index (κ1) is 40.8. The Hall–Kier alpha value is -2.64. The van der Waals surface area contributed by atoms with Gasteiger partial charge in [-0.2, -0.15) is 0 Å². The van der Waals surface area contributed by atoms with Crippen LogP contribution in [0.2, 0.25) is 0 Å². The average molecular weight is 718 g/mol. The lowest BCUT2D eigenvalue weighted by Crippen LogP contribution is -2.64. The summed E-state index contributed by atoms with van der Waals surface area (Å²) in [4.78, 5) is 46.2. The molecule has 2 saturated heterocycles. The normalized spacial score (nSPS) is 29.5. The molecule has 6 N–H and O–H groups in total. The third-order valence-electron chi connectivity index (χ3n) is 8.20. The maximum absolute atomic E-state index is 12.4. The molecular formula is C30H48BN2O15P. The van der Waals surface area contributed by atoms with E-state index in [-0.39, 0.29) is 38.1 Å². The van der Waals surface area contributed by atoms with Gasteiger partial charge in [-0.1, -0.05) is 30.3 Å². The number of amides is 2. The molecule has 0 aliphatic carbocycles. The van der Waals surface area contributed by atoms with E-state index < -0.39 is 75.3 Å². The highest BCUT2D eigenvalue weighted by atomic mass is 31.2. The third-order valence-corrected chi connectivity index (χ3v) is 9.17. The fraction of sp³-hybridized carbons (Fsp3) is 0.700.